The zero-order valence-electron chi connectivity index (χ0n) is 12.4. The maximum absolute atomic E-state index is 12.3. The van der Waals surface area contributed by atoms with Crippen LogP contribution in [0.4, 0.5) is 0 Å². The summed E-state index contributed by atoms with van der Waals surface area (Å²) >= 11 is 1.63. The third-order valence-electron chi connectivity index (χ3n) is 3.53. The summed E-state index contributed by atoms with van der Waals surface area (Å²) in [5.41, 5.74) is 0.687. The number of aromatic nitrogens is 1. The van der Waals surface area contributed by atoms with E-state index in [1.165, 1.54) is 6.42 Å². The molecule has 0 aliphatic carbocycles. The number of likely N-dealkylation sites (N-methyl/N-ethyl adjacent to an activating group) is 1. The van der Waals surface area contributed by atoms with Gasteiger partial charge in [-0.05, 0) is 38.6 Å². The normalized spacial score (nSPS) is 19.5. The number of carbonyl (C=O) groups excluding carboxylic acids is 1. The summed E-state index contributed by atoms with van der Waals surface area (Å²) in [4.78, 5) is 19.0. The van der Waals surface area contributed by atoms with Gasteiger partial charge in [-0.25, -0.2) is 4.98 Å². The number of carbonyl (C=O) groups is 1. The van der Waals surface area contributed by atoms with E-state index in [2.05, 4.69) is 36.1 Å². The highest BCUT2D eigenvalue weighted by Crippen LogP contribution is 2.24. The van der Waals surface area contributed by atoms with E-state index in [1.54, 1.807) is 18.0 Å². The van der Waals surface area contributed by atoms with Gasteiger partial charge < -0.3 is 10.2 Å². The van der Waals surface area contributed by atoms with Crippen LogP contribution in [0.15, 0.2) is 23.4 Å². The van der Waals surface area contributed by atoms with Gasteiger partial charge in [-0.3, -0.25) is 4.79 Å². The van der Waals surface area contributed by atoms with E-state index >= 15 is 0 Å². The highest BCUT2D eigenvalue weighted by molar-refractivity contribution is 7.99. The van der Waals surface area contributed by atoms with E-state index in [9.17, 15) is 4.79 Å². The van der Waals surface area contributed by atoms with Crippen molar-refractivity contribution in [1.82, 2.24) is 15.2 Å². The van der Waals surface area contributed by atoms with Crippen LogP contribution in [0.1, 0.15) is 37.0 Å². The molecule has 5 heteroatoms. The number of nitrogens with zero attached hydrogens (tertiary/aromatic N) is 2. The molecule has 20 heavy (non-hydrogen) atoms. The molecule has 110 valence electrons. The summed E-state index contributed by atoms with van der Waals surface area (Å²) in [6.07, 6.45) is 4.13. The molecule has 1 aliphatic rings. The second-order valence-electron chi connectivity index (χ2n) is 5.51. The molecular weight excluding hydrogens is 270 g/mol. The Morgan fingerprint density at radius 3 is 3.05 bits per heavy atom. The first kappa shape index (κ1) is 15.3. The van der Waals surface area contributed by atoms with Crippen molar-refractivity contribution in [3.05, 3.63) is 23.9 Å². The molecule has 0 bridgehead atoms. The minimum atomic E-state index is -0.0125. The first-order valence-corrected chi connectivity index (χ1v) is 8.06. The van der Waals surface area contributed by atoms with Crippen LogP contribution in [0.3, 0.4) is 0 Å². The number of nitrogens with one attached hydrogen (secondary N) is 1. The number of rotatable bonds is 5. The second kappa shape index (κ2) is 7.09. The Morgan fingerprint density at radius 2 is 2.40 bits per heavy atom. The Labute approximate surface area is 125 Å². The average molecular weight is 293 g/mol. The topological polar surface area (TPSA) is 45.2 Å². The number of likely N-dealkylation sites (tertiary alicyclic amines) is 1. The van der Waals surface area contributed by atoms with Crippen LogP contribution in [0.2, 0.25) is 0 Å². The van der Waals surface area contributed by atoms with E-state index in [-0.39, 0.29) is 5.91 Å². The molecule has 1 amide bonds. The molecule has 1 aromatic heterocycles. The fourth-order valence-electron chi connectivity index (χ4n) is 2.42. The van der Waals surface area contributed by atoms with Crippen LogP contribution in [0, 0.1) is 0 Å². The Bertz CT molecular complexity index is 464. The molecule has 1 atom stereocenters. The number of amides is 1. The molecule has 1 saturated heterocycles. The molecule has 1 fully saturated rings. The molecule has 1 aliphatic heterocycles. The van der Waals surface area contributed by atoms with Gasteiger partial charge in [0.05, 0.1) is 5.56 Å². The standard InChI is InChI=1S/C15H23N3OS/c1-11(2)20-15-13(7-4-8-16-15)14(19)17-10-12-6-5-9-18(12)3/h4,7-8,11-12H,5-6,9-10H2,1-3H3,(H,17,19)/t12-/m1/s1. The van der Waals surface area contributed by atoms with Crippen molar-refractivity contribution < 1.29 is 4.79 Å². The van der Waals surface area contributed by atoms with Gasteiger partial charge in [0, 0.05) is 24.0 Å². The number of hydrogen-bond acceptors (Lipinski definition) is 4. The lowest BCUT2D eigenvalue weighted by Gasteiger charge is -2.20. The van der Waals surface area contributed by atoms with Crippen molar-refractivity contribution in [1.29, 1.82) is 0 Å². The van der Waals surface area contributed by atoms with E-state index < -0.39 is 0 Å². The Kier molecular flexibility index (Phi) is 5.43. The summed E-state index contributed by atoms with van der Waals surface area (Å²) in [5.74, 6) is -0.0125. The number of pyridine rings is 1. The predicted octanol–water partition coefficient (Wildman–Crippen LogP) is 2.41. The van der Waals surface area contributed by atoms with Crippen molar-refractivity contribution in [2.45, 2.75) is 43.0 Å². The van der Waals surface area contributed by atoms with Crippen LogP contribution in [0.25, 0.3) is 0 Å². The van der Waals surface area contributed by atoms with E-state index in [0.717, 1.165) is 24.5 Å². The predicted molar refractivity (Wildman–Crippen MR) is 83.2 cm³/mol. The van der Waals surface area contributed by atoms with E-state index in [1.807, 2.05) is 12.1 Å². The highest BCUT2D eigenvalue weighted by Gasteiger charge is 2.22. The number of thioether (sulfide) groups is 1. The zero-order chi connectivity index (χ0) is 14.5. The molecule has 0 spiro atoms. The zero-order valence-corrected chi connectivity index (χ0v) is 13.2. The summed E-state index contributed by atoms with van der Waals surface area (Å²) in [6.45, 7) is 6.06. The van der Waals surface area contributed by atoms with Crippen LogP contribution in [0.5, 0.6) is 0 Å². The molecule has 2 heterocycles. The van der Waals surface area contributed by atoms with Gasteiger partial charge in [-0.1, -0.05) is 13.8 Å². The second-order valence-corrected chi connectivity index (χ2v) is 7.07. The first-order valence-electron chi connectivity index (χ1n) is 7.18. The van der Waals surface area contributed by atoms with Crippen molar-refractivity contribution >= 4 is 17.7 Å². The lowest BCUT2D eigenvalue weighted by molar-refractivity contribution is 0.0940. The van der Waals surface area contributed by atoms with Gasteiger partial charge in [-0.15, -0.1) is 11.8 Å². The van der Waals surface area contributed by atoms with E-state index in [4.69, 9.17) is 0 Å². The quantitative estimate of drug-likeness (QED) is 0.847. The fourth-order valence-corrected chi connectivity index (χ4v) is 3.28. The van der Waals surface area contributed by atoms with Gasteiger partial charge in [-0.2, -0.15) is 0 Å². The van der Waals surface area contributed by atoms with Gasteiger partial charge in [0.15, 0.2) is 0 Å². The molecule has 0 aromatic carbocycles. The average Bonchev–Trinajstić information content (AvgIpc) is 2.81. The van der Waals surface area contributed by atoms with Crippen LogP contribution in [-0.2, 0) is 0 Å². The molecule has 1 N–H and O–H groups in total. The van der Waals surface area contributed by atoms with Gasteiger partial charge in [0.25, 0.3) is 5.91 Å². The smallest absolute Gasteiger partial charge is 0.254 e. The Balaban J connectivity index is 1.98. The van der Waals surface area contributed by atoms with Crippen LogP contribution < -0.4 is 5.32 Å². The summed E-state index contributed by atoms with van der Waals surface area (Å²) in [5, 5.41) is 4.28. The largest absolute Gasteiger partial charge is 0.350 e. The van der Waals surface area contributed by atoms with E-state index in [0.29, 0.717) is 16.9 Å². The third kappa shape index (κ3) is 3.96. The van der Waals surface area contributed by atoms with Gasteiger partial charge in [0.1, 0.15) is 5.03 Å². The Hall–Kier alpha value is -1.07. The first-order chi connectivity index (χ1) is 9.58. The van der Waals surface area contributed by atoms with Crippen molar-refractivity contribution in [3.63, 3.8) is 0 Å². The van der Waals surface area contributed by atoms with Gasteiger partial charge in [0.2, 0.25) is 0 Å². The van der Waals surface area contributed by atoms with Crippen molar-refractivity contribution in [2.75, 3.05) is 20.1 Å². The summed E-state index contributed by atoms with van der Waals surface area (Å²) in [7, 11) is 2.12. The molecule has 2 rings (SSSR count). The molecule has 1 aromatic rings. The SMILES string of the molecule is CC(C)Sc1ncccc1C(=O)NC[C@H]1CCCN1C. The Morgan fingerprint density at radius 1 is 1.60 bits per heavy atom. The lowest BCUT2D eigenvalue weighted by Crippen LogP contribution is -2.38. The van der Waals surface area contributed by atoms with Gasteiger partial charge >= 0.3 is 0 Å². The maximum Gasteiger partial charge on any atom is 0.254 e. The molecule has 0 radical (unpaired) electrons. The lowest BCUT2D eigenvalue weighted by atomic mass is 10.2. The van der Waals surface area contributed by atoms with Crippen molar-refractivity contribution in [3.8, 4) is 0 Å². The molecule has 4 nitrogen and oxygen atoms in total. The monoisotopic (exact) mass is 293 g/mol. The highest BCUT2D eigenvalue weighted by atomic mass is 32.2. The minimum absolute atomic E-state index is 0.0125. The minimum Gasteiger partial charge on any atom is -0.350 e. The number of hydrogen-bond donors (Lipinski definition) is 1. The summed E-state index contributed by atoms with van der Waals surface area (Å²) in [6, 6.07) is 4.14. The van der Waals surface area contributed by atoms with Crippen LogP contribution >= 0.6 is 11.8 Å². The molecule has 0 saturated carbocycles. The molecular formula is C15H23N3OS. The van der Waals surface area contributed by atoms with Crippen LogP contribution in [-0.4, -0.2) is 47.2 Å². The fraction of sp³-hybridized carbons (Fsp3) is 0.600. The molecule has 0 unspecified atom stereocenters. The summed E-state index contributed by atoms with van der Waals surface area (Å²) < 4.78 is 0. The van der Waals surface area contributed by atoms with Crippen molar-refractivity contribution in [2.24, 2.45) is 0 Å². The third-order valence-corrected chi connectivity index (χ3v) is 4.55. The maximum atomic E-state index is 12.3.